The number of aliphatic carboxylic acids is 1. The molecule has 1 rings (SSSR count). The van der Waals surface area contributed by atoms with Gasteiger partial charge in [-0.2, -0.15) is 0 Å². The third-order valence-electron chi connectivity index (χ3n) is 3.11. The zero-order valence-corrected chi connectivity index (χ0v) is 12.2. The Morgan fingerprint density at radius 2 is 2.16 bits per heavy atom. The zero-order valence-electron chi connectivity index (χ0n) is 11.2. The first-order chi connectivity index (χ1) is 8.77. The van der Waals surface area contributed by atoms with Gasteiger partial charge in [-0.05, 0) is 23.2 Å². The van der Waals surface area contributed by atoms with E-state index in [0.29, 0.717) is 6.04 Å². The molecule has 1 atom stereocenters. The molecule has 0 saturated carbocycles. The van der Waals surface area contributed by atoms with E-state index in [1.165, 1.54) is 0 Å². The molecule has 0 bridgehead atoms. The van der Waals surface area contributed by atoms with Crippen molar-refractivity contribution in [1.82, 2.24) is 0 Å². The molecule has 0 heterocycles. The van der Waals surface area contributed by atoms with Gasteiger partial charge in [0.1, 0.15) is 11.8 Å². The number of aromatic hydroxyl groups is 1. The summed E-state index contributed by atoms with van der Waals surface area (Å²) in [5, 5.41) is 19.6. The second kappa shape index (κ2) is 5.91. The molecule has 0 aliphatic carbocycles. The lowest BCUT2D eigenvalue weighted by Crippen LogP contribution is -2.41. The minimum atomic E-state index is -1.91. The van der Waals surface area contributed by atoms with Gasteiger partial charge in [0.05, 0.1) is 8.07 Å². The molecule has 102 valence electrons. The molecule has 1 aromatic carbocycles. The highest BCUT2D eigenvalue weighted by molar-refractivity contribution is 6.90. The predicted octanol–water partition coefficient (Wildman–Crippen LogP) is 0.895. The highest BCUT2D eigenvalue weighted by Crippen LogP contribution is 2.18. The first-order valence-corrected chi connectivity index (χ1v) is 9.23. The number of hydrogen-bond acceptors (Lipinski definition) is 3. The van der Waals surface area contributed by atoms with Gasteiger partial charge in [0.25, 0.3) is 0 Å². The standard InChI is InChI=1S/C14H19NO3Si/c1-4-7-19(2,3)13-9-10(5-6-12(13)16)8-11(15)14(17)18/h1,5-6,9,11,16H,7-8,15H2,2-3H3,(H,17,18)/t11-/m0/s1. The van der Waals surface area contributed by atoms with Gasteiger partial charge in [-0.3, -0.25) is 4.79 Å². The second-order valence-electron chi connectivity index (χ2n) is 5.27. The summed E-state index contributed by atoms with van der Waals surface area (Å²) in [6.45, 7) is 4.14. The highest BCUT2D eigenvalue weighted by Gasteiger charge is 2.26. The molecule has 0 radical (unpaired) electrons. The number of phenols is 1. The minimum Gasteiger partial charge on any atom is -0.508 e. The molecule has 0 amide bonds. The molecule has 0 saturated heterocycles. The lowest BCUT2D eigenvalue weighted by Gasteiger charge is -2.22. The number of carbonyl (C=O) groups is 1. The number of benzene rings is 1. The molecular formula is C14H19NO3Si. The lowest BCUT2D eigenvalue weighted by molar-refractivity contribution is -0.138. The maximum atomic E-state index is 10.8. The molecule has 0 aliphatic rings. The maximum Gasteiger partial charge on any atom is 0.320 e. The van der Waals surface area contributed by atoms with Gasteiger partial charge in [-0.15, -0.1) is 12.3 Å². The van der Waals surface area contributed by atoms with Gasteiger partial charge in [-0.1, -0.05) is 25.2 Å². The van der Waals surface area contributed by atoms with Gasteiger partial charge in [0, 0.05) is 6.04 Å². The van der Waals surface area contributed by atoms with Crippen molar-refractivity contribution in [1.29, 1.82) is 0 Å². The molecule has 4 nitrogen and oxygen atoms in total. The first-order valence-electron chi connectivity index (χ1n) is 6.02. The third kappa shape index (κ3) is 3.84. The Morgan fingerprint density at radius 1 is 1.53 bits per heavy atom. The fourth-order valence-electron chi connectivity index (χ4n) is 1.94. The van der Waals surface area contributed by atoms with E-state index in [2.05, 4.69) is 19.0 Å². The Morgan fingerprint density at radius 3 is 2.68 bits per heavy atom. The van der Waals surface area contributed by atoms with E-state index in [-0.39, 0.29) is 12.2 Å². The largest absolute Gasteiger partial charge is 0.508 e. The summed E-state index contributed by atoms with van der Waals surface area (Å²) in [5.41, 5.74) is 6.33. The Balaban J connectivity index is 3.08. The summed E-state index contributed by atoms with van der Waals surface area (Å²) in [7, 11) is -1.91. The van der Waals surface area contributed by atoms with E-state index < -0.39 is 20.1 Å². The van der Waals surface area contributed by atoms with Crippen molar-refractivity contribution >= 4 is 19.2 Å². The van der Waals surface area contributed by atoms with Crippen LogP contribution < -0.4 is 10.9 Å². The lowest BCUT2D eigenvalue weighted by atomic mass is 10.1. The number of rotatable bonds is 5. The fraction of sp³-hybridized carbons (Fsp3) is 0.357. The summed E-state index contributed by atoms with van der Waals surface area (Å²) in [6.07, 6.45) is 5.61. The van der Waals surface area contributed by atoms with Gasteiger partial charge in [0.2, 0.25) is 0 Å². The number of hydrogen-bond donors (Lipinski definition) is 3. The van der Waals surface area contributed by atoms with E-state index in [0.717, 1.165) is 10.8 Å². The topological polar surface area (TPSA) is 83.6 Å². The Bertz CT molecular complexity index is 520. The maximum absolute atomic E-state index is 10.8. The Kier molecular flexibility index (Phi) is 4.76. The number of phenolic OH excluding ortho intramolecular Hbond substituents is 1. The average Bonchev–Trinajstić information content (AvgIpc) is 2.31. The van der Waals surface area contributed by atoms with Crippen molar-refractivity contribution in [3.8, 4) is 18.1 Å². The molecule has 0 fully saturated rings. The molecule has 19 heavy (non-hydrogen) atoms. The molecule has 1 aromatic rings. The number of terminal acetylenes is 1. The van der Waals surface area contributed by atoms with E-state index in [4.69, 9.17) is 17.3 Å². The molecule has 4 N–H and O–H groups in total. The SMILES string of the molecule is C#CC[Si](C)(C)c1cc(C[C@H](N)C(=O)O)ccc1O. The van der Waals surface area contributed by atoms with Crippen LogP contribution in [0, 0.1) is 12.3 Å². The molecule has 0 aromatic heterocycles. The molecule has 0 spiro atoms. The van der Waals surface area contributed by atoms with E-state index in [1.54, 1.807) is 12.1 Å². The van der Waals surface area contributed by atoms with Gasteiger partial charge in [-0.25, -0.2) is 0 Å². The summed E-state index contributed by atoms with van der Waals surface area (Å²) >= 11 is 0. The van der Waals surface area contributed by atoms with Crippen LogP contribution in [0.5, 0.6) is 5.75 Å². The van der Waals surface area contributed by atoms with Crippen LogP contribution in [0.15, 0.2) is 18.2 Å². The van der Waals surface area contributed by atoms with Crippen molar-refractivity contribution in [2.24, 2.45) is 5.73 Å². The number of carboxylic acids is 1. The minimum absolute atomic E-state index is 0.222. The number of carboxylic acid groups (broad SMARTS) is 1. The molecular weight excluding hydrogens is 258 g/mol. The Labute approximate surface area is 114 Å². The van der Waals surface area contributed by atoms with Crippen molar-refractivity contribution in [2.75, 3.05) is 0 Å². The smallest absolute Gasteiger partial charge is 0.320 e. The predicted molar refractivity (Wildman–Crippen MR) is 78.2 cm³/mol. The molecule has 0 aliphatic heterocycles. The van der Waals surface area contributed by atoms with Crippen LogP contribution in [0.2, 0.25) is 19.1 Å². The van der Waals surface area contributed by atoms with Crippen LogP contribution in [-0.4, -0.2) is 30.3 Å². The van der Waals surface area contributed by atoms with Crippen LogP contribution >= 0.6 is 0 Å². The third-order valence-corrected chi connectivity index (χ3v) is 6.05. The summed E-state index contributed by atoms with van der Waals surface area (Å²) in [5.74, 6) is 1.83. The summed E-state index contributed by atoms with van der Waals surface area (Å²) in [4.78, 5) is 10.8. The molecule has 0 unspecified atom stereocenters. The van der Waals surface area contributed by atoms with Crippen LogP contribution in [0.3, 0.4) is 0 Å². The van der Waals surface area contributed by atoms with Crippen molar-refractivity contribution in [3.63, 3.8) is 0 Å². The van der Waals surface area contributed by atoms with Crippen molar-refractivity contribution in [3.05, 3.63) is 23.8 Å². The van der Waals surface area contributed by atoms with Crippen molar-refractivity contribution in [2.45, 2.75) is 31.6 Å². The van der Waals surface area contributed by atoms with Crippen molar-refractivity contribution < 1.29 is 15.0 Å². The van der Waals surface area contributed by atoms with Crippen LogP contribution in [0.4, 0.5) is 0 Å². The van der Waals surface area contributed by atoms with Gasteiger partial charge in [0.15, 0.2) is 0 Å². The van der Waals surface area contributed by atoms with Crippen LogP contribution in [0.25, 0.3) is 0 Å². The average molecular weight is 277 g/mol. The molecule has 5 heteroatoms. The van der Waals surface area contributed by atoms with Gasteiger partial charge >= 0.3 is 5.97 Å². The second-order valence-corrected chi connectivity index (χ2v) is 9.93. The summed E-state index contributed by atoms with van der Waals surface area (Å²) < 4.78 is 0. The number of nitrogens with two attached hydrogens (primary N) is 1. The highest BCUT2D eigenvalue weighted by atomic mass is 28.3. The zero-order chi connectivity index (χ0) is 14.6. The summed E-state index contributed by atoms with van der Waals surface area (Å²) in [6, 6.07) is 4.80. The Hall–Kier alpha value is -1.77. The fourth-order valence-corrected chi connectivity index (χ4v) is 4.00. The van der Waals surface area contributed by atoms with E-state index in [9.17, 15) is 9.90 Å². The van der Waals surface area contributed by atoms with Crippen LogP contribution in [-0.2, 0) is 11.2 Å². The quantitative estimate of drug-likeness (QED) is 0.551. The normalized spacial score (nSPS) is 12.7. The van der Waals surface area contributed by atoms with Crippen LogP contribution in [0.1, 0.15) is 5.56 Å². The first kappa shape index (κ1) is 15.3. The van der Waals surface area contributed by atoms with E-state index in [1.807, 2.05) is 6.07 Å². The monoisotopic (exact) mass is 277 g/mol. The van der Waals surface area contributed by atoms with E-state index >= 15 is 0 Å². The van der Waals surface area contributed by atoms with Gasteiger partial charge < -0.3 is 15.9 Å².